The van der Waals surface area contributed by atoms with Gasteiger partial charge in [0.25, 0.3) is 5.91 Å². The molecule has 118 valence electrons. The molecule has 0 aliphatic rings. The number of amides is 1. The Morgan fingerprint density at radius 2 is 1.67 bits per heavy atom. The van der Waals surface area contributed by atoms with E-state index < -0.39 is 5.82 Å². The lowest BCUT2D eigenvalue weighted by atomic mass is 10.1. The summed E-state index contributed by atoms with van der Waals surface area (Å²) >= 11 is 0. The van der Waals surface area contributed by atoms with Crippen molar-refractivity contribution in [1.29, 1.82) is 0 Å². The maximum Gasteiger partial charge on any atom is 0.255 e. The van der Waals surface area contributed by atoms with Crippen molar-refractivity contribution in [3.8, 4) is 0 Å². The van der Waals surface area contributed by atoms with Gasteiger partial charge in [0, 0.05) is 18.8 Å². The van der Waals surface area contributed by atoms with E-state index in [4.69, 9.17) is 5.73 Å². The van der Waals surface area contributed by atoms with Gasteiger partial charge >= 0.3 is 0 Å². The molecule has 0 aliphatic heterocycles. The van der Waals surface area contributed by atoms with Gasteiger partial charge in [-0.3, -0.25) is 4.79 Å². The van der Waals surface area contributed by atoms with Crippen molar-refractivity contribution in [3.05, 3.63) is 29.6 Å². The molecule has 1 aromatic rings. The van der Waals surface area contributed by atoms with Crippen LogP contribution in [0.4, 0.5) is 10.1 Å². The lowest BCUT2D eigenvalue weighted by molar-refractivity contribution is 0.0742. The number of nitrogens with zero attached hydrogens (tertiary/aromatic N) is 1. The first-order valence-corrected chi connectivity index (χ1v) is 7.65. The fourth-order valence-electron chi connectivity index (χ4n) is 2.04. The van der Waals surface area contributed by atoms with E-state index in [0.717, 1.165) is 12.8 Å². The van der Waals surface area contributed by atoms with Gasteiger partial charge in [0.15, 0.2) is 0 Å². The van der Waals surface area contributed by atoms with E-state index in [0.29, 0.717) is 30.5 Å². The number of benzene rings is 1. The highest BCUT2D eigenvalue weighted by Gasteiger charge is 2.18. The number of hydrogen-bond donors (Lipinski definition) is 1. The summed E-state index contributed by atoms with van der Waals surface area (Å²) in [5.74, 6) is 0.545. The number of carbonyl (C=O) groups excluding carboxylic acids is 1. The number of anilines is 1. The van der Waals surface area contributed by atoms with Gasteiger partial charge in [-0.15, -0.1) is 0 Å². The second-order valence-electron chi connectivity index (χ2n) is 6.39. The van der Waals surface area contributed by atoms with Crippen LogP contribution >= 0.6 is 0 Å². The van der Waals surface area contributed by atoms with Crippen LogP contribution in [0.5, 0.6) is 0 Å². The van der Waals surface area contributed by atoms with Gasteiger partial charge in [0.1, 0.15) is 5.82 Å². The molecular weight excluding hydrogens is 267 g/mol. The minimum Gasteiger partial charge on any atom is -0.398 e. The Morgan fingerprint density at radius 3 is 2.10 bits per heavy atom. The smallest absolute Gasteiger partial charge is 0.255 e. The molecule has 0 saturated heterocycles. The van der Waals surface area contributed by atoms with E-state index in [1.807, 2.05) is 4.90 Å². The summed E-state index contributed by atoms with van der Waals surface area (Å²) < 4.78 is 13.1. The highest BCUT2D eigenvalue weighted by molar-refractivity contribution is 5.99. The number of nitrogens with two attached hydrogens (primary N) is 1. The summed E-state index contributed by atoms with van der Waals surface area (Å²) in [4.78, 5) is 14.5. The average Bonchev–Trinajstić information content (AvgIpc) is 2.37. The van der Waals surface area contributed by atoms with Crippen LogP contribution in [0.15, 0.2) is 18.2 Å². The monoisotopic (exact) mass is 294 g/mol. The third-order valence-corrected chi connectivity index (χ3v) is 3.48. The van der Waals surface area contributed by atoms with Crippen molar-refractivity contribution >= 4 is 11.6 Å². The number of carbonyl (C=O) groups is 1. The Morgan fingerprint density at radius 1 is 1.14 bits per heavy atom. The van der Waals surface area contributed by atoms with Gasteiger partial charge in [-0.2, -0.15) is 0 Å². The predicted octanol–water partition coefficient (Wildman–Crippen LogP) is 3.94. The molecular formula is C17H27FN2O. The van der Waals surface area contributed by atoms with Crippen molar-refractivity contribution in [2.45, 2.75) is 40.5 Å². The minimum atomic E-state index is -0.417. The molecule has 3 nitrogen and oxygen atoms in total. The molecule has 0 heterocycles. The van der Waals surface area contributed by atoms with E-state index in [2.05, 4.69) is 27.7 Å². The van der Waals surface area contributed by atoms with Crippen molar-refractivity contribution in [1.82, 2.24) is 4.90 Å². The molecule has 2 N–H and O–H groups in total. The van der Waals surface area contributed by atoms with E-state index in [-0.39, 0.29) is 11.6 Å². The van der Waals surface area contributed by atoms with Crippen LogP contribution in [-0.4, -0.2) is 23.9 Å². The van der Waals surface area contributed by atoms with Gasteiger partial charge in [-0.1, -0.05) is 27.7 Å². The zero-order valence-electron chi connectivity index (χ0n) is 13.5. The Hall–Kier alpha value is -1.58. The highest BCUT2D eigenvalue weighted by atomic mass is 19.1. The third kappa shape index (κ3) is 5.74. The molecule has 0 radical (unpaired) electrons. The van der Waals surface area contributed by atoms with Crippen LogP contribution in [0.3, 0.4) is 0 Å². The van der Waals surface area contributed by atoms with E-state index in [1.165, 1.54) is 18.2 Å². The fourth-order valence-corrected chi connectivity index (χ4v) is 2.04. The molecule has 0 aliphatic carbocycles. The SMILES string of the molecule is CC(C)CCN(CCC(C)C)C(=O)c1ccc(F)cc1N. The van der Waals surface area contributed by atoms with Crippen LogP contribution in [0.1, 0.15) is 50.9 Å². The first-order chi connectivity index (χ1) is 9.81. The maximum atomic E-state index is 13.1. The Bertz CT molecular complexity index is 460. The Balaban J connectivity index is 2.86. The van der Waals surface area contributed by atoms with Crippen LogP contribution in [-0.2, 0) is 0 Å². The van der Waals surface area contributed by atoms with Crippen LogP contribution < -0.4 is 5.73 Å². The van der Waals surface area contributed by atoms with Gasteiger partial charge in [0.2, 0.25) is 0 Å². The Labute approximate surface area is 127 Å². The minimum absolute atomic E-state index is 0.103. The molecule has 0 fully saturated rings. The molecule has 0 atom stereocenters. The lowest BCUT2D eigenvalue weighted by Crippen LogP contribution is -2.34. The zero-order valence-corrected chi connectivity index (χ0v) is 13.5. The van der Waals surface area contributed by atoms with Gasteiger partial charge < -0.3 is 10.6 Å². The predicted molar refractivity (Wildman–Crippen MR) is 85.6 cm³/mol. The van der Waals surface area contributed by atoms with Crippen molar-refractivity contribution < 1.29 is 9.18 Å². The summed E-state index contributed by atoms with van der Waals surface area (Å²) in [6, 6.07) is 3.97. The standard InChI is InChI=1S/C17H27FN2O/c1-12(2)7-9-20(10-8-13(3)4)17(21)15-6-5-14(18)11-16(15)19/h5-6,11-13H,7-10,19H2,1-4H3. The summed E-state index contributed by atoms with van der Waals surface area (Å²) in [7, 11) is 0. The van der Waals surface area contributed by atoms with Crippen molar-refractivity contribution in [3.63, 3.8) is 0 Å². The molecule has 4 heteroatoms. The van der Waals surface area contributed by atoms with E-state index >= 15 is 0 Å². The molecule has 0 unspecified atom stereocenters. The largest absolute Gasteiger partial charge is 0.398 e. The molecule has 1 rings (SSSR count). The zero-order chi connectivity index (χ0) is 16.0. The van der Waals surface area contributed by atoms with Crippen LogP contribution in [0, 0.1) is 17.7 Å². The highest BCUT2D eigenvalue weighted by Crippen LogP contribution is 2.17. The average molecular weight is 294 g/mol. The van der Waals surface area contributed by atoms with Crippen molar-refractivity contribution in [2.75, 3.05) is 18.8 Å². The first kappa shape index (κ1) is 17.5. The summed E-state index contributed by atoms with van der Waals surface area (Å²) in [5, 5.41) is 0. The number of rotatable bonds is 7. The fraction of sp³-hybridized carbons (Fsp3) is 0.588. The molecule has 1 aromatic carbocycles. The van der Waals surface area contributed by atoms with E-state index in [9.17, 15) is 9.18 Å². The second kappa shape index (κ2) is 8.01. The third-order valence-electron chi connectivity index (χ3n) is 3.48. The first-order valence-electron chi connectivity index (χ1n) is 7.65. The molecule has 0 bridgehead atoms. The van der Waals surface area contributed by atoms with Crippen LogP contribution in [0.25, 0.3) is 0 Å². The van der Waals surface area contributed by atoms with Crippen molar-refractivity contribution in [2.24, 2.45) is 11.8 Å². The van der Waals surface area contributed by atoms with Gasteiger partial charge in [0.05, 0.1) is 5.56 Å². The molecule has 1 amide bonds. The number of halogens is 1. The summed E-state index contributed by atoms with van der Waals surface area (Å²) in [5.41, 5.74) is 6.38. The number of nitrogen functional groups attached to an aromatic ring is 1. The topological polar surface area (TPSA) is 46.3 Å². The molecule has 0 saturated carbocycles. The molecule has 0 spiro atoms. The van der Waals surface area contributed by atoms with Gasteiger partial charge in [-0.05, 0) is 42.9 Å². The summed E-state index contributed by atoms with van der Waals surface area (Å²) in [6.45, 7) is 9.96. The summed E-state index contributed by atoms with van der Waals surface area (Å²) in [6.07, 6.45) is 1.90. The lowest BCUT2D eigenvalue weighted by Gasteiger charge is -2.25. The normalized spacial score (nSPS) is 11.2. The van der Waals surface area contributed by atoms with Gasteiger partial charge in [-0.25, -0.2) is 4.39 Å². The second-order valence-corrected chi connectivity index (χ2v) is 6.39. The number of hydrogen-bond acceptors (Lipinski definition) is 2. The molecule has 21 heavy (non-hydrogen) atoms. The van der Waals surface area contributed by atoms with Crippen LogP contribution in [0.2, 0.25) is 0 Å². The Kier molecular flexibility index (Phi) is 6.66. The molecule has 0 aromatic heterocycles. The van der Waals surface area contributed by atoms with E-state index in [1.54, 1.807) is 0 Å². The maximum absolute atomic E-state index is 13.1. The quantitative estimate of drug-likeness (QED) is 0.774.